The van der Waals surface area contributed by atoms with Crippen LogP contribution in [-0.2, 0) is 0 Å². The number of nitrogens with two attached hydrogens (primary N) is 1. The van der Waals surface area contributed by atoms with Gasteiger partial charge in [-0.1, -0.05) is 0 Å². The molecule has 1 aromatic carbocycles. The summed E-state index contributed by atoms with van der Waals surface area (Å²) < 4.78 is 0. The number of benzene rings is 1. The Morgan fingerprint density at radius 2 is 2.06 bits per heavy atom. The summed E-state index contributed by atoms with van der Waals surface area (Å²) in [6.45, 7) is 1.28. The summed E-state index contributed by atoms with van der Waals surface area (Å²) in [5.41, 5.74) is 5.20. The molecule has 0 bridgehead atoms. The van der Waals surface area contributed by atoms with E-state index in [1.54, 1.807) is 0 Å². The first-order chi connectivity index (χ1) is 7.41. The van der Waals surface area contributed by atoms with E-state index in [2.05, 4.69) is 5.32 Å². The third-order valence-corrected chi connectivity index (χ3v) is 1.89. The van der Waals surface area contributed by atoms with Crippen molar-refractivity contribution in [3.05, 3.63) is 29.3 Å². The topological polar surface area (TPSA) is 116 Å². The lowest BCUT2D eigenvalue weighted by atomic mass is 10.1. The van der Waals surface area contributed by atoms with Gasteiger partial charge < -0.3 is 10.8 Å². The predicted octanol–water partition coefficient (Wildman–Crippen LogP) is 0.218. The van der Waals surface area contributed by atoms with Gasteiger partial charge in [-0.05, 0) is 25.1 Å². The molecule has 1 amide bonds. The highest BCUT2D eigenvalue weighted by Gasteiger charge is 2.12. The Hall–Kier alpha value is -2.37. The summed E-state index contributed by atoms with van der Waals surface area (Å²) in [5, 5.41) is 18.3. The van der Waals surface area contributed by atoms with Crippen molar-refractivity contribution in [1.29, 1.82) is 5.41 Å². The third kappa shape index (κ3) is 2.57. The fraction of sp³-hybridized carbons (Fsp3) is 0.100. The van der Waals surface area contributed by atoms with Crippen molar-refractivity contribution in [2.45, 2.75) is 6.92 Å². The standard InChI is InChI=1S/C10H11N3O3/c1-5(14)7-4-6(2-3-8(7)15)9(16)13-10(11)12/h2-4,15H,1H3,(H4,11,12,13,16). The highest BCUT2D eigenvalue weighted by Crippen LogP contribution is 2.18. The molecule has 84 valence electrons. The van der Waals surface area contributed by atoms with Gasteiger partial charge in [-0.15, -0.1) is 0 Å². The molecule has 0 aliphatic heterocycles. The van der Waals surface area contributed by atoms with Crippen molar-refractivity contribution in [1.82, 2.24) is 5.32 Å². The van der Waals surface area contributed by atoms with Crippen LogP contribution in [0.15, 0.2) is 18.2 Å². The van der Waals surface area contributed by atoms with Crippen LogP contribution in [0.3, 0.4) is 0 Å². The number of amides is 1. The average molecular weight is 221 g/mol. The van der Waals surface area contributed by atoms with Gasteiger partial charge in [-0.2, -0.15) is 0 Å². The first-order valence-corrected chi connectivity index (χ1v) is 4.41. The number of carbonyl (C=O) groups is 2. The number of guanidine groups is 1. The van der Waals surface area contributed by atoms with Crippen molar-refractivity contribution in [3.8, 4) is 5.75 Å². The Balaban J connectivity index is 3.08. The minimum absolute atomic E-state index is 0.0520. The second kappa shape index (κ2) is 4.43. The molecule has 0 aliphatic carbocycles. The van der Waals surface area contributed by atoms with Crippen LogP contribution in [0.4, 0.5) is 0 Å². The maximum absolute atomic E-state index is 11.4. The van der Waals surface area contributed by atoms with E-state index in [-0.39, 0.29) is 22.7 Å². The molecule has 0 heterocycles. The van der Waals surface area contributed by atoms with E-state index in [4.69, 9.17) is 11.1 Å². The number of carbonyl (C=O) groups excluding carboxylic acids is 2. The summed E-state index contributed by atoms with van der Waals surface area (Å²) in [5.74, 6) is -1.63. The van der Waals surface area contributed by atoms with E-state index in [1.807, 2.05) is 0 Å². The van der Waals surface area contributed by atoms with Crippen molar-refractivity contribution < 1.29 is 14.7 Å². The Bertz CT molecular complexity index is 468. The Labute approximate surface area is 91.6 Å². The summed E-state index contributed by atoms with van der Waals surface area (Å²) in [6.07, 6.45) is 0. The fourth-order valence-corrected chi connectivity index (χ4v) is 1.15. The second-order valence-electron chi connectivity index (χ2n) is 3.16. The van der Waals surface area contributed by atoms with Gasteiger partial charge in [0.25, 0.3) is 5.91 Å². The fourth-order valence-electron chi connectivity index (χ4n) is 1.15. The van der Waals surface area contributed by atoms with E-state index in [9.17, 15) is 14.7 Å². The van der Waals surface area contributed by atoms with Gasteiger partial charge >= 0.3 is 0 Å². The molecule has 0 atom stereocenters. The van der Waals surface area contributed by atoms with Crippen LogP contribution in [0.2, 0.25) is 0 Å². The molecule has 0 saturated heterocycles. The zero-order chi connectivity index (χ0) is 12.3. The molecule has 5 N–H and O–H groups in total. The molecular weight excluding hydrogens is 210 g/mol. The first-order valence-electron chi connectivity index (χ1n) is 4.41. The van der Waals surface area contributed by atoms with E-state index >= 15 is 0 Å². The number of phenolic OH excluding ortho intramolecular Hbond substituents is 1. The molecule has 1 aromatic rings. The van der Waals surface area contributed by atoms with Crippen molar-refractivity contribution in [3.63, 3.8) is 0 Å². The van der Waals surface area contributed by atoms with Crippen molar-refractivity contribution >= 4 is 17.6 Å². The Kier molecular flexibility index (Phi) is 3.24. The van der Waals surface area contributed by atoms with E-state index < -0.39 is 11.9 Å². The van der Waals surface area contributed by atoms with Crippen LogP contribution in [0.5, 0.6) is 5.75 Å². The van der Waals surface area contributed by atoms with Crippen LogP contribution in [0.25, 0.3) is 0 Å². The number of phenols is 1. The molecule has 16 heavy (non-hydrogen) atoms. The third-order valence-electron chi connectivity index (χ3n) is 1.89. The van der Waals surface area contributed by atoms with Gasteiger partial charge in [0.15, 0.2) is 11.7 Å². The first kappa shape index (κ1) is 11.7. The minimum atomic E-state index is -0.602. The molecule has 0 fully saturated rings. The SMILES string of the molecule is CC(=O)c1cc(C(=O)NC(=N)N)ccc1O. The molecule has 0 saturated carbocycles. The van der Waals surface area contributed by atoms with Crippen LogP contribution in [-0.4, -0.2) is 22.8 Å². The monoisotopic (exact) mass is 221 g/mol. The highest BCUT2D eigenvalue weighted by molar-refractivity contribution is 6.06. The van der Waals surface area contributed by atoms with Gasteiger partial charge in [0, 0.05) is 5.56 Å². The van der Waals surface area contributed by atoms with E-state index in [0.29, 0.717) is 0 Å². The predicted molar refractivity (Wildman–Crippen MR) is 57.5 cm³/mol. The smallest absolute Gasteiger partial charge is 0.257 e. The number of hydrogen-bond acceptors (Lipinski definition) is 4. The average Bonchev–Trinajstić information content (AvgIpc) is 2.16. The second-order valence-corrected chi connectivity index (χ2v) is 3.16. The molecule has 0 aromatic heterocycles. The molecule has 0 aliphatic rings. The number of Topliss-reactive ketones (excluding diaryl/α,β-unsaturated/α-hetero) is 1. The van der Waals surface area contributed by atoms with Gasteiger partial charge in [-0.3, -0.25) is 20.3 Å². The van der Waals surface area contributed by atoms with E-state index in [1.165, 1.54) is 25.1 Å². The van der Waals surface area contributed by atoms with Crippen LogP contribution < -0.4 is 11.1 Å². The zero-order valence-corrected chi connectivity index (χ0v) is 8.57. The normalized spacial score (nSPS) is 9.56. The Morgan fingerprint density at radius 3 is 2.56 bits per heavy atom. The molecule has 0 radical (unpaired) electrons. The van der Waals surface area contributed by atoms with Crippen LogP contribution >= 0.6 is 0 Å². The molecule has 6 nitrogen and oxygen atoms in total. The molecule has 0 spiro atoms. The quantitative estimate of drug-likeness (QED) is 0.324. The summed E-state index contributed by atoms with van der Waals surface area (Å²) in [7, 11) is 0. The maximum Gasteiger partial charge on any atom is 0.257 e. The van der Waals surface area contributed by atoms with E-state index in [0.717, 1.165) is 0 Å². The highest BCUT2D eigenvalue weighted by atomic mass is 16.3. The maximum atomic E-state index is 11.4. The number of ketones is 1. The number of nitrogens with one attached hydrogen (secondary N) is 2. The van der Waals surface area contributed by atoms with Gasteiger partial charge in [0.05, 0.1) is 5.56 Å². The lowest BCUT2D eigenvalue weighted by molar-refractivity contribution is 0.0976. The molecule has 0 unspecified atom stereocenters. The number of hydrogen-bond donors (Lipinski definition) is 4. The van der Waals surface area contributed by atoms with Gasteiger partial charge in [0.2, 0.25) is 0 Å². The summed E-state index contributed by atoms with van der Waals surface area (Å²) in [4.78, 5) is 22.5. The lowest BCUT2D eigenvalue weighted by Crippen LogP contribution is -2.35. The van der Waals surface area contributed by atoms with Gasteiger partial charge in [0.1, 0.15) is 5.75 Å². The lowest BCUT2D eigenvalue weighted by Gasteiger charge is -2.05. The largest absolute Gasteiger partial charge is 0.507 e. The molecule has 1 rings (SSSR count). The zero-order valence-electron chi connectivity index (χ0n) is 8.57. The summed E-state index contributed by atoms with van der Waals surface area (Å²) in [6, 6.07) is 3.82. The van der Waals surface area contributed by atoms with Gasteiger partial charge in [-0.25, -0.2) is 0 Å². The number of rotatable bonds is 2. The van der Waals surface area contributed by atoms with Crippen LogP contribution in [0, 0.1) is 5.41 Å². The minimum Gasteiger partial charge on any atom is -0.507 e. The van der Waals surface area contributed by atoms with Crippen molar-refractivity contribution in [2.75, 3.05) is 0 Å². The number of aromatic hydroxyl groups is 1. The molecular formula is C10H11N3O3. The van der Waals surface area contributed by atoms with Crippen molar-refractivity contribution in [2.24, 2.45) is 5.73 Å². The van der Waals surface area contributed by atoms with Crippen LogP contribution in [0.1, 0.15) is 27.6 Å². The summed E-state index contributed by atoms with van der Waals surface area (Å²) >= 11 is 0. The molecule has 6 heteroatoms. The Morgan fingerprint density at radius 1 is 1.44 bits per heavy atom.